The van der Waals surface area contributed by atoms with Crippen molar-refractivity contribution in [2.75, 3.05) is 39.3 Å². The molecule has 0 bridgehead atoms. The van der Waals surface area contributed by atoms with Crippen LogP contribution >= 0.6 is 0 Å². The van der Waals surface area contributed by atoms with Crippen LogP contribution in [-0.4, -0.2) is 59.3 Å². The second-order valence-corrected chi connectivity index (χ2v) is 6.60. The molecule has 1 aliphatic carbocycles. The molecule has 0 atom stereocenters. The largest absolute Gasteiger partial charge is 0.492 e. The van der Waals surface area contributed by atoms with Crippen LogP contribution in [0.4, 0.5) is 0 Å². The first-order valence-corrected chi connectivity index (χ1v) is 8.82. The van der Waals surface area contributed by atoms with Gasteiger partial charge in [0, 0.05) is 38.6 Å². The second kappa shape index (κ2) is 7.32. The molecule has 2 fully saturated rings. The minimum absolute atomic E-state index is 0.559. The number of para-hydroxylation sites is 1. The van der Waals surface area contributed by atoms with Crippen molar-refractivity contribution < 1.29 is 9.26 Å². The summed E-state index contributed by atoms with van der Waals surface area (Å²) in [6, 6.07) is 10.0. The Morgan fingerprint density at radius 2 is 1.79 bits per heavy atom. The van der Waals surface area contributed by atoms with Gasteiger partial charge >= 0.3 is 0 Å². The van der Waals surface area contributed by atoms with Gasteiger partial charge in [0.15, 0.2) is 5.82 Å². The lowest BCUT2D eigenvalue weighted by atomic mass is 10.3. The first kappa shape index (κ1) is 15.6. The van der Waals surface area contributed by atoms with E-state index in [4.69, 9.17) is 9.26 Å². The summed E-state index contributed by atoms with van der Waals surface area (Å²) in [6.07, 6.45) is 2.42. The van der Waals surface area contributed by atoms with Gasteiger partial charge in [-0.3, -0.25) is 9.80 Å². The van der Waals surface area contributed by atoms with Crippen LogP contribution in [0.15, 0.2) is 34.9 Å². The van der Waals surface area contributed by atoms with Crippen LogP contribution in [0.3, 0.4) is 0 Å². The summed E-state index contributed by atoms with van der Waals surface area (Å²) in [5.41, 5.74) is 0. The number of ether oxygens (including phenoxy) is 1. The molecule has 6 nitrogen and oxygen atoms in total. The number of rotatable bonds is 7. The molecule has 24 heavy (non-hydrogen) atoms. The third kappa shape index (κ3) is 4.13. The third-order valence-corrected chi connectivity index (χ3v) is 4.67. The molecule has 2 heterocycles. The van der Waals surface area contributed by atoms with E-state index in [2.05, 4.69) is 19.9 Å². The number of hydrogen-bond donors (Lipinski definition) is 0. The molecule has 128 valence electrons. The van der Waals surface area contributed by atoms with Crippen molar-refractivity contribution in [2.24, 2.45) is 0 Å². The molecule has 4 rings (SSSR count). The topological polar surface area (TPSA) is 54.6 Å². The summed E-state index contributed by atoms with van der Waals surface area (Å²) in [4.78, 5) is 9.35. The zero-order valence-electron chi connectivity index (χ0n) is 13.9. The van der Waals surface area contributed by atoms with Crippen molar-refractivity contribution in [1.82, 2.24) is 19.9 Å². The zero-order valence-corrected chi connectivity index (χ0v) is 13.9. The average Bonchev–Trinajstić information content (AvgIpc) is 3.37. The van der Waals surface area contributed by atoms with Gasteiger partial charge in [-0.2, -0.15) is 4.98 Å². The molecule has 1 aliphatic heterocycles. The number of benzene rings is 1. The van der Waals surface area contributed by atoms with E-state index in [1.165, 1.54) is 12.8 Å². The maximum absolute atomic E-state index is 5.77. The smallest absolute Gasteiger partial charge is 0.240 e. The van der Waals surface area contributed by atoms with Gasteiger partial charge < -0.3 is 9.26 Å². The molecule has 1 saturated heterocycles. The highest BCUT2D eigenvalue weighted by molar-refractivity contribution is 5.20. The van der Waals surface area contributed by atoms with Crippen molar-refractivity contribution in [3.8, 4) is 5.75 Å². The Kier molecular flexibility index (Phi) is 4.76. The predicted octanol–water partition coefficient (Wildman–Crippen LogP) is 2.14. The fourth-order valence-corrected chi connectivity index (χ4v) is 3.01. The molecule has 2 aliphatic rings. The molecule has 1 saturated carbocycles. The lowest BCUT2D eigenvalue weighted by molar-refractivity contribution is 0.104. The van der Waals surface area contributed by atoms with Crippen molar-refractivity contribution in [3.05, 3.63) is 42.0 Å². The molecule has 0 radical (unpaired) electrons. The van der Waals surface area contributed by atoms with Gasteiger partial charge in [-0.1, -0.05) is 23.4 Å². The quantitative estimate of drug-likeness (QED) is 0.776. The Labute approximate surface area is 142 Å². The Morgan fingerprint density at radius 3 is 2.54 bits per heavy atom. The fraction of sp³-hybridized carbons (Fsp3) is 0.556. The summed E-state index contributed by atoms with van der Waals surface area (Å²) in [7, 11) is 0. The Bertz CT molecular complexity index is 633. The van der Waals surface area contributed by atoms with E-state index in [-0.39, 0.29) is 0 Å². The number of aromatic nitrogens is 2. The molecule has 6 heteroatoms. The van der Waals surface area contributed by atoms with E-state index < -0.39 is 0 Å². The molecule has 0 amide bonds. The molecule has 0 N–H and O–H groups in total. The predicted molar refractivity (Wildman–Crippen MR) is 89.9 cm³/mol. The van der Waals surface area contributed by atoms with Crippen LogP contribution in [0.2, 0.25) is 0 Å². The lowest BCUT2D eigenvalue weighted by Gasteiger charge is -2.33. The standard InChI is InChI=1S/C18H24N4O2/c1-2-4-16(5-3-1)23-13-12-21-8-10-22(11-9-21)14-17-19-18(20-24-17)15-6-7-15/h1-5,15H,6-14H2. The Hall–Kier alpha value is -1.92. The van der Waals surface area contributed by atoms with Crippen LogP contribution in [0.25, 0.3) is 0 Å². The summed E-state index contributed by atoms with van der Waals surface area (Å²) in [5, 5.41) is 4.09. The summed E-state index contributed by atoms with van der Waals surface area (Å²) in [6.45, 7) is 6.66. The molecular formula is C18H24N4O2. The molecule has 1 aromatic carbocycles. The van der Waals surface area contributed by atoms with E-state index in [0.29, 0.717) is 5.92 Å². The van der Waals surface area contributed by atoms with E-state index in [9.17, 15) is 0 Å². The third-order valence-electron chi connectivity index (χ3n) is 4.67. The molecule has 1 aromatic heterocycles. The van der Waals surface area contributed by atoms with Gasteiger partial charge in [0.1, 0.15) is 12.4 Å². The fourth-order valence-electron chi connectivity index (χ4n) is 3.01. The Balaban J connectivity index is 1.16. The van der Waals surface area contributed by atoms with Crippen molar-refractivity contribution >= 4 is 0 Å². The summed E-state index contributed by atoms with van der Waals surface area (Å²) in [5.74, 6) is 3.17. The van der Waals surface area contributed by atoms with E-state index in [1.807, 2.05) is 30.3 Å². The summed E-state index contributed by atoms with van der Waals surface area (Å²) >= 11 is 0. The van der Waals surface area contributed by atoms with Crippen molar-refractivity contribution in [2.45, 2.75) is 25.3 Å². The van der Waals surface area contributed by atoms with Crippen LogP contribution < -0.4 is 4.74 Å². The SMILES string of the molecule is c1ccc(OCCN2CCN(Cc3nc(C4CC4)no3)CC2)cc1. The zero-order chi connectivity index (χ0) is 16.2. The summed E-state index contributed by atoms with van der Waals surface area (Å²) < 4.78 is 11.1. The second-order valence-electron chi connectivity index (χ2n) is 6.60. The molecule has 2 aromatic rings. The van der Waals surface area contributed by atoms with Crippen LogP contribution in [0.1, 0.15) is 30.5 Å². The first-order chi connectivity index (χ1) is 11.9. The van der Waals surface area contributed by atoms with Crippen molar-refractivity contribution in [3.63, 3.8) is 0 Å². The highest BCUT2D eigenvalue weighted by atomic mass is 16.5. The molecule has 0 spiro atoms. The van der Waals surface area contributed by atoms with Crippen LogP contribution in [-0.2, 0) is 6.54 Å². The van der Waals surface area contributed by atoms with Gasteiger partial charge in [0.2, 0.25) is 5.89 Å². The van der Waals surface area contributed by atoms with Gasteiger partial charge in [-0.25, -0.2) is 0 Å². The van der Waals surface area contributed by atoms with Crippen molar-refractivity contribution in [1.29, 1.82) is 0 Å². The van der Waals surface area contributed by atoms with Crippen LogP contribution in [0, 0.1) is 0 Å². The highest BCUT2D eigenvalue weighted by Crippen LogP contribution is 2.38. The number of hydrogen-bond acceptors (Lipinski definition) is 6. The first-order valence-electron chi connectivity index (χ1n) is 8.82. The monoisotopic (exact) mass is 328 g/mol. The average molecular weight is 328 g/mol. The van der Waals surface area contributed by atoms with Gasteiger partial charge in [-0.15, -0.1) is 0 Å². The van der Waals surface area contributed by atoms with Gasteiger partial charge in [-0.05, 0) is 25.0 Å². The van der Waals surface area contributed by atoms with Gasteiger partial charge in [0.05, 0.1) is 6.54 Å². The van der Waals surface area contributed by atoms with E-state index >= 15 is 0 Å². The number of piperazine rings is 1. The normalized spacial score (nSPS) is 19.5. The van der Waals surface area contributed by atoms with E-state index in [1.54, 1.807) is 0 Å². The minimum Gasteiger partial charge on any atom is -0.492 e. The minimum atomic E-state index is 0.559. The van der Waals surface area contributed by atoms with Crippen LogP contribution in [0.5, 0.6) is 5.75 Å². The molecule has 0 unspecified atom stereocenters. The lowest BCUT2D eigenvalue weighted by Crippen LogP contribution is -2.47. The highest BCUT2D eigenvalue weighted by Gasteiger charge is 2.29. The number of nitrogens with zero attached hydrogens (tertiary/aromatic N) is 4. The maximum atomic E-state index is 5.77. The van der Waals surface area contributed by atoms with E-state index in [0.717, 1.165) is 63.3 Å². The Morgan fingerprint density at radius 1 is 1.04 bits per heavy atom. The molecular weight excluding hydrogens is 304 g/mol. The van der Waals surface area contributed by atoms with Gasteiger partial charge in [0.25, 0.3) is 0 Å². The maximum Gasteiger partial charge on any atom is 0.240 e.